The molecule has 0 aliphatic heterocycles. The second-order valence-corrected chi connectivity index (χ2v) is 43.1. The minimum Gasteiger partial charge on any atom is -1.00 e. The van der Waals surface area contributed by atoms with Gasteiger partial charge in [0, 0.05) is 41.1 Å². The van der Waals surface area contributed by atoms with Crippen LogP contribution in [0.2, 0.25) is 0 Å². The van der Waals surface area contributed by atoms with E-state index in [1.165, 1.54) is 32.6 Å². The number of alkyl halides is 1. The van der Waals surface area contributed by atoms with Gasteiger partial charge < -0.3 is 23.4 Å². The Kier molecular flexibility index (Phi) is 38.0. The Balaban J connectivity index is -0.000000224. The Morgan fingerprint density at radius 3 is 0.966 bits per heavy atom. The van der Waals surface area contributed by atoms with Gasteiger partial charge in [-0.1, -0.05) is 72.8 Å². The summed E-state index contributed by atoms with van der Waals surface area (Å²) in [6.45, 7) is 35.9. The van der Waals surface area contributed by atoms with Crippen molar-refractivity contribution in [3.8, 4) is 0 Å². The zero-order valence-corrected chi connectivity index (χ0v) is 52.1. The van der Waals surface area contributed by atoms with Crippen LogP contribution < -0.4 is 57.9 Å². The van der Waals surface area contributed by atoms with Gasteiger partial charge in [0.2, 0.25) is 0 Å². The van der Waals surface area contributed by atoms with E-state index < -0.39 is 43.5 Å². The van der Waals surface area contributed by atoms with Crippen LogP contribution in [0.25, 0.3) is 0 Å². The van der Waals surface area contributed by atoms with Gasteiger partial charge in [0.25, 0.3) is 0 Å². The molecule has 3 rings (SSSR count). The van der Waals surface area contributed by atoms with Gasteiger partial charge in [0.05, 0.1) is 47.0 Å². The molecule has 0 saturated heterocycles. The van der Waals surface area contributed by atoms with E-state index in [0.29, 0.717) is 5.88 Å². The third kappa shape index (κ3) is 36.0. The Hall–Kier alpha value is 2.15. The van der Waals surface area contributed by atoms with E-state index in [9.17, 15) is 0 Å². The fraction of sp³-hybridized carbons (Fsp3) is 0.538. The van der Waals surface area contributed by atoms with E-state index in [1.807, 2.05) is 31.3 Å². The number of benzene rings is 3. The molecule has 0 aromatic heterocycles. The SMILES string of the molecule is CN(Cc1ccc(P)cc1)[P+](C)(C)N=P(C)(C)C.CN(Cc1ccc(P)cc1)[P+](C)(C)N=P(C)(C)C.CN=P(C)(C)N=P(C)(C)C.Pc1ccc(CCl)cc1.[Cl-].[Na+].[OH-].[OH-]. The Morgan fingerprint density at radius 1 is 0.525 bits per heavy atom. The predicted molar refractivity (Wildman–Crippen MR) is 290 cm³/mol. The maximum Gasteiger partial charge on any atom is 1.00 e. The molecule has 20 heteroatoms. The van der Waals surface area contributed by atoms with Crippen LogP contribution in [-0.4, -0.2) is 141 Å². The smallest absolute Gasteiger partial charge is 1.00 e. The molecule has 3 unspecified atom stereocenters. The molecule has 0 amide bonds. The van der Waals surface area contributed by atoms with E-state index >= 15 is 0 Å². The second-order valence-electron chi connectivity index (χ2n) is 17.3. The largest absolute Gasteiger partial charge is 1.00 e. The molecule has 338 valence electrons. The monoisotopic (exact) mass is 1040 g/mol. The molecule has 59 heavy (non-hydrogen) atoms. The molecular formula is C39H80Cl2N6NaO2P9. The molecule has 3 aromatic carbocycles. The van der Waals surface area contributed by atoms with Crippen molar-refractivity contribution >= 4 is 98.7 Å². The minimum absolute atomic E-state index is 0. The molecule has 2 N–H and O–H groups in total. The van der Waals surface area contributed by atoms with E-state index in [4.69, 9.17) is 25.1 Å². The van der Waals surface area contributed by atoms with Gasteiger partial charge in [0.15, 0.2) is 15.1 Å². The van der Waals surface area contributed by atoms with Crippen LogP contribution in [0, 0.1) is 0 Å². The topological polar surface area (TPSA) is 116 Å². The number of nitrogens with zero attached hydrogens (tertiary/aromatic N) is 6. The number of halogens is 2. The van der Waals surface area contributed by atoms with Gasteiger partial charge in [-0.2, -0.15) is 9.34 Å². The Labute approximate surface area is 405 Å². The zero-order valence-electron chi connectivity index (χ0n) is 39.8. The first-order valence-electron chi connectivity index (χ1n) is 18.1. The Bertz CT molecular complexity index is 1710. The first-order chi connectivity index (χ1) is 24.8. The van der Waals surface area contributed by atoms with Crippen molar-refractivity contribution in [3.05, 3.63) is 89.5 Å². The maximum atomic E-state index is 5.57. The summed E-state index contributed by atoms with van der Waals surface area (Å²) in [4.78, 5) is 0. The molecule has 0 bridgehead atoms. The summed E-state index contributed by atoms with van der Waals surface area (Å²) in [7, 11) is 7.31. The average Bonchev–Trinajstić information content (AvgIpc) is 3.01. The molecule has 0 aliphatic rings. The van der Waals surface area contributed by atoms with Crippen LogP contribution in [-0.2, 0) is 19.0 Å². The predicted octanol–water partition coefficient (Wildman–Crippen LogP) is 6.30. The molecule has 0 radical (unpaired) electrons. The van der Waals surface area contributed by atoms with Gasteiger partial charge in [-0.15, -0.1) is 48.4 Å². The van der Waals surface area contributed by atoms with Gasteiger partial charge in [-0.25, -0.2) is 0 Å². The quantitative estimate of drug-likeness (QED) is 0.135. The third-order valence-electron chi connectivity index (χ3n) is 7.54. The molecule has 8 nitrogen and oxygen atoms in total. The molecule has 0 saturated carbocycles. The van der Waals surface area contributed by atoms with Crippen LogP contribution >= 0.6 is 82.8 Å². The summed E-state index contributed by atoms with van der Waals surface area (Å²) in [6.07, 6.45) is 0. The van der Waals surface area contributed by atoms with Crippen molar-refractivity contribution in [2.75, 3.05) is 121 Å². The van der Waals surface area contributed by atoms with Gasteiger partial charge in [-0.3, -0.25) is 9.26 Å². The molecule has 3 aromatic rings. The zero-order chi connectivity index (χ0) is 43.1. The summed E-state index contributed by atoms with van der Waals surface area (Å²) >= 11 is 5.57. The maximum absolute atomic E-state index is 5.57. The first kappa shape index (κ1) is 70.2. The molecule has 3 atom stereocenters. The van der Waals surface area contributed by atoms with Crippen LogP contribution in [0.5, 0.6) is 0 Å². The van der Waals surface area contributed by atoms with Gasteiger partial charge in [0.1, 0.15) is 0 Å². The third-order valence-corrected chi connectivity index (χ3v) is 25.3. The van der Waals surface area contributed by atoms with Gasteiger partial charge in [-0.05, 0) is 113 Å². The van der Waals surface area contributed by atoms with Crippen molar-refractivity contribution in [2.45, 2.75) is 19.0 Å². The molecular weight excluding hydrogens is 957 g/mol. The second kappa shape index (κ2) is 32.0. The van der Waals surface area contributed by atoms with Crippen LogP contribution in [0.4, 0.5) is 0 Å². The molecule has 0 spiro atoms. The van der Waals surface area contributed by atoms with Crippen molar-refractivity contribution < 1.29 is 52.9 Å². The Morgan fingerprint density at radius 2 is 0.780 bits per heavy atom. The van der Waals surface area contributed by atoms with Crippen LogP contribution in [0.1, 0.15) is 16.7 Å². The normalized spacial score (nSPS) is 11.5. The van der Waals surface area contributed by atoms with Crippen molar-refractivity contribution in [3.63, 3.8) is 0 Å². The van der Waals surface area contributed by atoms with Crippen LogP contribution in [0.15, 0.2) is 91.1 Å². The van der Waals surface area contributed by atoms with Crippen molar-refractivity contribution in [1.82, 2.24) is 9.34 Å². The fourth-order valence-corrected chi connectivity index (χ4v) is 23.8. The summed E-state index contributed by atoms with van der Waals surface area (Å²) in [5.74, 6) is 0.602. The fourth-order valence-electron chi connectivity index (χ4n) is 4.87. The molecule has 0 heterocycles. The molecule has 0 aliphatic carbocycles. The van der Waals surface area contributed by atoms with Crippen molar-refractivity contribution in [2.24, 2.45) is 18.3 Å². The van der Waals surface area contributed by atoms with E-state index in [2.05, 4.69) is 204 Å². The first-order valence-corrected chi connectivity index (χ1v) is 37.4. The number of hydrogen-bond donors (Lipinski definition) is 0. The van der Waals surface area contributed by atoms with Gasteiger partial charge >= 0.3 is 29.6 Å². The van der Waals surface area contributed by atoms with E-state index in [0.717, 1.165) is 13.1 Å². The van der Waals surface area contributed by atoms with Crippen molar-refractivity contribution in [1.29, 1.82) is 0 Å². The standard InChI is InChI=1S/2C13H26N2P3.C7H8ClP.C6H18N2P2.ClH.Na.2H2O/c2*1-15(18(5,6)14-17(2,3)4)11-12-7-9-13(16)10-8-12;8-5-6-1-3-7(9)4-2-6;1-7-10(5,6)8-9(2,3)4;;;;/h2*7-10H,11,16H2,1-6H3;1-4H,5,9H2;1-6H3;1H;;2*1H2/q2*+1;;;;+1;;/p-3. The number of rotatable bonds is 10. The number of hydrogen-bond acceptors (Lipinski definition) is 7. The summed E-state index contributed by atoms with van der Waals surface area (Å²) in [6, 6.07) is 25.5. The molecule has 0 fully saturated rings. The summed E-state index contributed by atoms with van der Waals surface area (Å²) in [5, 5.41) is 3.67. The summed E-state index contributed by atoms with van der Waals surface area (Å²) in [5.41, 5.74) is 3.89. The van der Waals surface area contributed by atoms with E-state index in [1.54, 1.807) is 0 Å². The summed E-state index contributed by atoms with van der Waals surface area (Å²) < 4.78 is 24.0. The average molecular weight is 1040 g/mol. The minimum atomic E-state index is -1.33. The van der Waals surface area contributed by atoms with E-state index in [-0.39, 0.29) is 52.9 Å². The van der Waals surface area contributed by atoms with Crippen LogP contribution in [0.3, 0.4) is 0 Å².